The summed E-state index contributed by atoms with van der Waals surface area (Å²) in [6.45, 7) is 3.43. The normalized spacial score (nSPS) is 13.9. The second kappa shape index (κ2) is 13.6. The fourth-order valence-electron chi connectivity index (χ4n) is 3.15. The molecule has 12 nitrogen and oxygen atoms in total. The van der Waals surface area contributed by atoms with Gasteiger partial charge >= 0.3 is 65.1 Å². The summed E-state index contributed by atoms with van der Waals surface area (Å²) < 4.78 is 97.4. The quantitative estimate of drug-likeness (QED) is 0.146. The Hall–Kier alpha value is -0.980. The maximum absolute atomic E-state index is 12.1. The van der Waals surface area contributed by atoms with E-state index in [0.717, 1.165) is 24.3 Å². The maximum Gasteiger partial charge on any atom is 1.00 e. The smallest absolute Gasteiger partial charge is 0.744 e. The number of carbonyl (C=O) groups excluding carboxylic acids is 1. The van der Waals surface area contributed by atoms with Crippen molar-refractivity contribution in [1.82, 2.24) is 5.32 Å². The minimum atomic E-state index is -5.06. The summed E-state index contributed by atoms with van der Waals surface area (Å²) in [5.41, 5.74) is -0.388. The average Bonchev–Trinajstić information content (AvgIpc) is 3.57. The molecule has 17 heteroatoms. The molecule has 3 rings (SSSR count). The number of hydrogen-bond acceptors (Lipinski definition) is 9. The van der Waals surface area contributed by atoms with Crippen molar-refractivity contribution in [2.24, 2.45) is 0 Å². The van der Waals surface area contributed by atoms with Crippen LogP contribution >= 0.6 is 0 Å². The molecule has 3 N–H and O–H groups in total. The Balaban J connectivity index is 0.00000361. The zero-order chi connectivity index (χ0) is 26.9. The molecule has 0 aliphatic heterocycles. The van der Waals surface area contributed by atoms with Gasteiger partial charge in [-0.3, -0.25) is 4.72 Å². The maximum atomic E-state index is 12.1. The van der Waals surface area contributed by atoms with E-state index >= 15 is 0 Å². The third kappa shape index (κ3) is 9.89. The van der Waals surface area contributed by atoms with Crippen molar-refractivity contribution < 1.29 is 98.3 Å². The number of nitrogens with one attached hydrogen (secondary N) is 3. The fourth-order valence-corrected chi connectivity index (χ4v) is 5.92. The molecule has 0 heterocycles. The SMILES string of the molecule is CC(C)NC(=O)Nc1ccc(C=Cc2ccc(NS(=O)(=O)C3CC3)cc2S(=O)(=O)[O-])c(S(=O)(=O)[O-])c1.[Na+].[Na+]. The van der Waals surface area contributed by atoms with Crippen molar-refractivity contribution in [1.29, 1.82) is 0 Å². The van der Waals surface area contributed by atoms with E-state index in [1.165, 1.54) is 24.3 Å². The van der Waals surface area contributed by atoms with E-state index in [4.69, 9.17) is 0 Å². The molecule has 0 bridgehead atoms. The summed E-state index contributed by atoms with van der Waals surface area (Å²) in [7, 11) is -13.8. The summed E-state index contributed by atoms with van der Waals surface area (Å²) in [4.78, 5) is 10.4. The predicted octanol–water partition coefficient (Wildman–Crippen LogP) is -3.89. The summed E-state index contributed by atoms with van der Waals surface area (Å²) in [6, 6.07) is 5.97. The molecule has 0 aromatic heterocycles. The monoisotopic (exact) mass is 603 g/mol. The van der Waals surface area contributed by atoms with Crippen LogP contribution in [0, 0.1) is 0 Å². The standard InChI is InChI=1S/C21H25N3O9S3.2Na/c1-13(2)22-21(25)23-16-7-5-14(19(11-16)35(28,29)30)3-4-15-6-8-17(12-20(15)36(31,32)33)24-34(26,27)18-9-10-18;;/h3-8,11-13,18,24H,9-10H2,1-2H3,(H2,22,23,25)(H,28,29,30)(H,31,32,33);;/q;2*+1/p-2. The number of benzene rings is 2. The Kier molecular flexibility index (Phi) is 12.5. The molecule has 1 fully saturated rings. The molecule has 1 aliphatic rings. The van der Waals surface area contributed by atoms with E-state index in [1.54, 1.807) is 13.8 Å². The average molecular weight is 604 g/mol. The Bertz CT molecular complexity index is 1540. The van der Waals surface area contributed by atoms with Crippen LogP contribution in [0.25, 0.3) is 12.2 Å². The summed E-state index contributed by atoms with van der Waals surface area (Å²) >= 11 is 0. The molecule has 0 saturated heterocycles. The van der Waals surface area contributed by atoms with Gasteiger partial charge in [0.05, 0.1) is 15.0 Å². The number of urea groups is 1. The Labute approximate surface area is 266 Å². The first-order valence-electron chi connectivity index (χ1n) is 10.5. The van der Waals surface area contributed by atoms with E-state index < -0.39 is 51.3 Å². The summed E-state index contributed by atoms with van der Waals surface area (Å²) in [5, 5.41) is 4.36. The van der Waals surface area contributed by atoms with Gasteiger partial charge in [-0.2, -0.15) is 0 Å². The van der Waals surface area contributed by atoms with Crippen LogP contribution in [0.5, 0.6) is 0 Å². The first kappa shape index (κ1) is 35.0. The van der Waals surface area contributed by atoms with E-state index in [0.29, 0.717) is 12.8 Å². The number of amides is 2. The van der Waals surface area contributed by atoms with E-state index in [2.05, 4.69) is 15.4 Å². The van der Waals surface area contributed by atoms with E-state index in [9.17, 15) is 39.2 Å². The molecular formula is C21H23N3Na2O9S3. The fraction of sp³-hybridized carbons (Fsp3) is 0.286. The van der Waals surface area contributed by atoms with Gasteiger partial charge < -0.3 is 19.7 Å². The second-order valence-electron chi connectivity index (χ2n) is 8.35. The molecule has 1 saturated carbocycles. The van der Waals surface area contributed by atoms with Crippen molar-refractivity contribution in [2.75, 3.05) is 10.0 Å². The molecule has 38 heavy (non-hydrogen) atoms. The van der Waals surface area contributed by atoms with Gasteiger partial charge in [0.25, 0.3) is 0 Å². The molecule has 0 radical (unpaired) electrons. The summed E-state index contributed by atoms with van der Waals surface area (Å²) in [6.07, 6.45) is 3.17. The third-order valence-electron chi connectivity index (χ3n) is 4.91. The third-order valence-corrected chi connectivity index (χ3v) is 8.56. The second-order valence-corrected chi connectivity index (χ2v) is 13.0. The molecule has 0 unspecified atom stereocenters. The zero-order valence-electron chi connectivity index (χ0n) is 21.1. The van der Waals surface area contributed by atoms with Crippen LogP contribution in [0.2, 0.25) is 0 Å². The van der Waals surface area contributed by atoms with Crippen molar-refractivity contribution >= 4 is 59.8 Å². The number of anilines is 2. The molecule has 2 aromatic rings. The van der Waals surface area contributed by atoms with Gasteiger partial charge in [-0.25, -0.2) is 30.0 Å². The van der Waals surface area contributed by atoms with Crippen LogP contribution in [0.1, 0.15) is 37.8 Å². The molecule has 2 aromatic carbocycles. The van der Waals surface area contributed by atoms with Gasteiger partial charge in [0, 0.05) is 17.4 Å². The van der Waals surface area contributed by atoms with Crippen LogP contribution in [0.15, 0.2) is 46.2 Å². The summed E-state index contributed by atoms with van der Waals surface area (Å²) in [5.74, 6) is 0. The molecule has 2 amide bonds. The Morgan fingerprint density at radius 3 is 1.71 bits per heavy atom. The number of hydrogen-bond donors (Lipinski definition) is 3. The Morgan fingerprint density at radius 1 is 0.842 bits per heavy atom. The number of rotatable bonds is 9. The first-order valence-corrected chi connectivity index (χ1v) is 14.9. The van der Waals surface area contributed by atoms with Crippen molar-refractivity contribution in [3.63, 3.8) is 0 Å². The van der Waals surface area contributed by atoms with Gasteiger partial charge in [0.1, 0.15) is 20.2 Å². The van der Waals surface area contributed by atoms with Gasteiger partial charge in [-0.15, -0.1) is 0 Å². The van der Waals surface area contributed by atoms with Crippen molar-refractivity contribution in [3.05, 3.63) is 47.5 Å². The van der Waals surface area contributed by atoms with Crippen LogP contribution in [0.3, 0.4) is 0 Å². The Morgan fingerprint density at radius 2 is 1.29 bits per heavy atom. The molecule has 1 aliphatic carbocycles. The van der Waals surface area contributed by atoms with Crippen molar-refractivity contribution in [3.8, 4) is 0 Å². The first-order chi connectivity index (χ1) is 16.6. The number of carbonyl (C=O) groups is 1. The van der Waals surface area contributed by atoms with Gasteiger partial charge in [-0.05, 0) is 62.1 Å². The number of sulfonamides is 1. The van der Waals surface area contributed by atoms with Crippen LogP contribution in [-0.4, -0.2) is 51.7 Å². The minimum absolute atomic E-state index is 0. The largest absolute Gasteiger partial charge is 1.00 e. The van der Waals surface area contributed by atoms with Crippen LogP contribution in [0.4, 0.5) is 16.2 Å². The van der Waals surface area contributed by atoms with Gasteiger partial charge in [0.15, 0.2) is 0 Å². The minimum Gasteiger partial charge on any atom is -0.744 e. The van der Waals surface area contributed by atoms with Gasteiger partial charge in [-0.1, -0.05) is 24.3 Å². The molecule has 196 valence electrons. The topological polar surface area (TPSA) is 202 Å². The van der Waals surface area contributed by atoms with Crippen LogP contribution < -0.4 is 74.5 Å². The zero-order valence-corrected chi connectivity index (χ0v) is 27.5. The van der Waals surface area contributed by atoms with E-state index in [1.807, 2.05) is 0 Å². The van der Waals surface area contributed by atoms with E-state index in [-0.39, 0.29) is 87.7 Å². The molecular weight excluding hydrogens is 580 g/mol. The predicted molar refractivity (Wildman–Crippen MR) is 131 cm³/mol. The molecule has 0 spiro atoms. The van der Waals surface area contributed by atoms with Crippen LogP contribution in [-0.2, 0) is 30.3 Å². The van der Waals surface area contributed by atoms with Crippen molar-refractivity contribution in [2.45, 2.75) is 47.8 Å². The molecule has 0 atom stereocenters. The van der Waals surface area contributed by atoms with Gasteiger partial charge in [0.2, 0.25) is 10.0 Å².